The van der Waals surface area contributed by atoms with Crippen molar-refractivity contribution in [3.63, 3.8) is 0 Å². The third kappa shape index (κ3) is 5.60. The lowest BCUT2D eigenvalue weighted by Crippen LogP contribution is -2.19. The van der Waals surface area contributed by atoms with Gasteiger partial charge in [-0.3, -0.25) is 14.9 Å². The normalized spacial score (nSPS) is 10.8. The van der Waals surface area contributed by atoms with Crippen LogP contribution in [0.4, 0.5) is 5.13 Å². The van der Waals surface area contributed by atoms with Crippen molar-refractivity contribution >= 4 is 46.1 Å². The van der Waals surface area contributed by atoms with Crippen LogP contribution in [0.25, 0.3) is 0 Å². The van der Waals surface area contributed by atoms with Crippen molar-refractivity contribution in [2.75, 3.05) is 5.32 Å². The van der Waals surface area contributed by atoms with Gasteiger partial charge in [0.15, 0.2) is 0 Å². The summed E-state index contributed by atoms with van der Waals surface area (Å²) < 4.78 is 0. The molecule has 2 aromatic carbocycles. The van der Waals surface area contributed by atoms with Gasteiger partial charge in [-0.15, -0.1) is 10.2 Å². The van der Waals surface area contributed by atoms with Gasteiger partial charge in [0.2, 0.25) is 11.0 Å². The van der Waals surface area contributed by atoms with Gasteiger partial charge >= 0.3 is 0 Å². The number of hydrazone groups is 1. The Labute approximate surface area is 168 Å². The molecule has 3 aromatic rings. The van der Waals surface area contributed by atoms with Crippen molar-refractivity contribution in [3.8, 4) is 5.75 Å². The molecule has 0 saturated heterocycles. The zero-order chi connectivity index (χ0) is 19.9. The fourth-order valence-electron chi connectivity index (χ4n) is 2.11. The SMILES string of the molecule is O=C(Cc1nnc(NC(=O)c2ccc(Cl)cc2)s1)N/N=C\c1cccc(O)c1. The summed E-state index contributed by atoms with van der Waals surface area (Å²) in [6.07, 6.45) is 1.38. The molecule has 10 heteroatoms. The van der Waals surface area contributed by atoms with Crippen molar-refractivity contribution in [1.29, 1.82) is 0 Å². The Morgan fingerprint density at radius 1 is 1.18 bits per heavy atom. The predicted octanol–water partition coefficient (Wildman–Crippen LogP) is 2.84. The van der Waals surface area contributed by atoms with E-state index < -0.39 is 0 Å². The number of phenols is 1. The number of hydrogen-bond acceptors (Lipinski definition) is 7. The summed E-state index contributed by atoms with van der Waals surface area (Å²) in [5.41, 5.74) is 3.44. The highest BCUT2D eigenvalue weighted by Crippen LogP contribution is 2.17. The summed E-state index contributed by atoms with van der Waals surface area (Å²) in [6, 6.07) is 12.9. The molecule has 28 heavy (non-hydrogen) atoms. The van der Waals surface area contributed by atoms with Crippen LogP contribution >= 0.6 is 22.9 Å². The first-order valence-corrected chi connectivity index (χ1v) is 9.19. The van der Waals surface area contributed by atoms with Crippen molar-refractivity contribution in [2.45, 2.75) is 6.42 Å². The molecule has 0 aliphatic rings. The van der Waals surface area contributed by atoms with E-state index >= 15 is 0 Å². The highest BCUT2D eigenvalue weighted by Gasteiger charge is 2.12. The molecular weight excluding hydrogens is 402 g/mol. The molecule has 0 unspecified atom stereocenters. The van der Waals surface area contributed by atoms with Crippen LogP contribution in [-0.4, -0.2) is 33.3 Å². The molecule has 0 radical (unpaired) electrons. The predicted molar refractivity (Wildman–Crippen MR) is 107 cm³/mol. The van der Waals surface area contributed by atoms with E-state index in [0.29, 0.717) is 21.2 Å². The lowest BCUT2D eigenvalue weighted by molar-refractivity contribution is -0.120. The van der Waals surface area contributed by atoms with Crippen molar-refractivity contribution < 1.29 is 14.7 Å². The van der Waals surface area contributed by atoms with Gasteiger partial charge in [0.05, 0.1) is 12.6 Å². The zero-order valence-electron chi connectivity index (χ0n) is 14.3. The fraction of sp³-hybridized carbons (Fsp3) is 0.0556. The van der Waals surface area contributed by atoms with Crippen LogP contribution in [0.15, 0.2) is 53.6 Å². The van der Waals surface area contributed by atoms with E-state index in [-0.39, 0.29) is 29.1 Å². The first-order valence-electron chi connectivity index (χ1n) is 8.00. The van der Waals surface area contributed by atoms with Gasteiger partial charge in [0, 0.05) is 10.6 Å². The average Bonchev–Trinajstić information content (AvgIpc) is 3.09. The fourth-order valence-corrected chi connectivity index (χ4v) is 2.97. The van der Waals surface area contributed by atoms with Crippen LogP contribution in [-0.2, 0) is 11.2 Å². The van der Waals surface area contributed by atoms with Gasteiger partial charge in [0.25, 0.3) is 5.91 Å². The first-order chi connectivity index (χ1) is 13.5. The maximum Gasteiger partial charge on any atom is 0.257 e. The molecule has 3 N–H and O–H groups in total. The van der Waals surface area contributed by atoms with E-state index in [1.165, 1.54) is 18.3 Å². The van der Waals surface area contributed by atoms with E-state index in [4.69, 9.17) is 11.6 Å². The smallest absolute Gasteiger partial charge is 0.257 e. The lowest BCUT2D eigenvalue weighted by Gasteiger charge is -2.00. The van der Waals surface area contributed by atoms with E-state index in [9.17, 15) is 14.7 Å². The van der Waals surface area contributed by atoms with E-state index in [1.807, 2.05) is 0 Å². The molecule has 0 spiro atoms. The summed E-state index contributed by atoms with van der Waals surface area (Å²) in [4.78, 5) is 24.0. The number of anilines is 1. The van der Waals surface area contributed by atoms with Crippen molar-refractivity contribution in [3.05, 3.63) is 69.7 Å². The molecule has 1 heterocycles. The highest BCUT2D eigenvalue weighted by atomic mass is 35.5. The molecule has 2 amide bonds. The maximum atomic E-state index is 12.1. The van der Waals surface area contributed by atoms with Crippen molar-refractivity contribution in [1.82, 2.24) is 15.6 Å². The first kappa shape index (κ1) is 19.5. The van der Waals surface area contributed by atoms with Crippen LogP contribution in [0.1, 0.15) is 20.9 Å². The largest absolute Gasteiger partial charge is 0.508 e. The van der Waals surface area contributed by atoms with Crippen molar-refractivity contribution in [2.24, 2.45) is 5.10 Å². The number of nitrogens with zero attached hydrogens (tertiary/aromatic N) is 3. The van der Waals surface area contributed by atoms with Gasteiger partial charge in [-0.05, 0) is 42.0 Å². The average molecular weight is 416 g/mol. The molecule has 0 atom stereocenters. The van der Waals surface area contributed by atoms with Crippen LogP contribution in [0.3, 0.4) is 0 Å². The summed E-state index contributed by atoms with van der Waals surface area (Å²) in [5.74, 6) is -0.625. The van der Waals surface area contributed by atoms with Crippen LogP contribution < -0.4 is 10.7 Å². The number of phenolic OH excluding ortho intramolecular Hbond substituents is 1. The second kappa shape index (κ2) is 9.07. The molecule has 142 valence electrons. The number of hydrogen-bond donors (Lipinski definition) is 3. The second-order valence-corrected chi connectivity index (χ2v) is 7.03. The summed E-state index contributed by atoms with van der Waals surface area (Å²) >= 11 is 6.89. The third-order valence-electron chi connectivity index (χ3n) is 3.38. The Morgan fingerprint density at radius 2 is 1.96 bits per heavy atom. The number of aromatic hydroxyl groups is 1. The van der Waals surface area contributed by atoms with Gasteiger partial charge in [0.1, 0.15) is 10.8 Å². The van der Waals surface area contributed by atoms with E-state index in [1.54, 1.807) is 36.4 Å². The van der Waals surface area contributed by atoms with E-state index in [0.717, 1.165) is 11.3 Å². The van der Waals surface area contributed by atoms with E-state index in [2.05, 4.69) is 26.0 Å². The van der Waals surface area contributed by atoms with Gasteiger partial charge in [-0.2, -0.15) is 5.10 Å². The molecule has 0 aliphatic heterocycles. The summed E-state index contributed by atoms with van der Waals surface area (Å²) in [6.45, 7) is 0. The molecule has 1 aromatic heterocycles. The molecule has 0 saturated carbocycles. The summed E-state index contributed by atoms with van der Waals surface area (Å²) in [7, 11) is 0. The quantitative estimate of drug-likeness (QED) is 0.422. The Hall–Kier alpha value is -3.30. The number of rotatable bonds is 6. The molecule has 0 bridgehead atoms. The number of aromatic nitrogens is 2. The van der Waals surface area contributed by atoms with Gasteiger partial charge in [-0.25, -0.2) is 5.43 Å². The zero-order valence-corrected chi connectivity index (χ0v) is 15.9. The van der Waals surface area contributed by atoms with Gasteiger partial charge in [-0.1, -0.05) is 35.1 Å². The van der Waals surface area contributed by atoms with Crippen LogP contribution in [0.2, 0.25) is 5.02 Å². The maximum absolute atomic E-state index is 12.1. The molecule has 0 fully saturated rings. The monoisotopic (exact) mass is 415 g/mol. The number of benzene rings is 2. The number of carbonyl (C=O) groups excluding carboxylic acids is 2. The van der Waals surface area contributed by atoms with Crippen LogP contribution in [0.5, 0.6) is 5.75 Å². The Balaban J connectivity index is 1.51. The molecule has 3 rings (SSSR count). The molecule has 0 aliphatic carbocycles. The highest BCUT2D eigenvalue weighted by molar-refractivity contribution is 7.15. The number of carbonyl (C=O) groups is 2. The Bertz CT molecular complexity index is 1020. The minimum atomic E-state index is -0.386. The number of nitrogens with one attached hydrogen (secondary N) is 2. The Kier molecular flexibility index (Phi) is 6.30. The Morgan fingerprint density at radius 3 is 2.71 bits per heavy atom. The minimum Gasteiger partial charge on any atom is -0.508 e. The van der Waals surface area contributed by atoms with Crippen LogP contribution in [0, 0.1) is 0 Å². The second-order valence-electron chi connectivity index (χ2n) is 5.53. The third-order valence-corrected chi connectivity index (χ3v) is 4.47. The topological polar surface area (TPSA) is 117 Å². The number of amides is 2. The van der Waals surface area contributed by atoms with Gasteiger partial charge < -0.3 is 5.11 Å². The molecule has 8 nitrogen and oxygen atoms in total. The minimum absolute atomic E-state index is 0.0359. The molecular formula is C18H14ClN5O3S. The number of halogens is 1. The summed E-state index contributed by atoms with van der Waals surface area (Å²) in [5, 5.41) is 24.8. The lowest BCUT2D eigenvalue weighted by atomic mass is 10.2. The standard InChI is InChI=1S/C18H14ClN5O3S/c19-13-6-4-12(5-7-13)17(27)21-18-24-23-16(28-18)9-15(26)22-20-10-11-2-1-3-14(25)8-11/h1-8,10,25H,9H2,(H,22,26)(H,21,24,27)/b20-10-.